The molecule has 0 saturated carbocycles. The maximum Gasteiger partial charge on any atom is 0.239 e. The summed E-state index contributed by atoms with van der Waals surface area (Å²) in [5.41, 5.74) is -14.3. The first-order chi connectivity index (χ1) is 24.6. The second-order valence-electron chi connectivity index (χ2n) is 10.3. The summed E-state index contributed by atoms with van der Waals surface area (Å²) in [5.74, 6) is -71.4. The number of aromatic amines is 1. The SMILES string of the molecule is C=CCc1[nH+]ccs1.Fc1c(F)c(F)c([B-](c2c(F)c(F)c(F)c(F)c2F)(c2c(F)c(F)c(F)c(F)c2F)c2c(F)c(F)c(F)c(F)c2F)c(F)c1F. The van der Waals surface area contributed by atoms with Gasteiger partial charge >= 0.3 is 0 Å². The van der Waals surface area contributed by atoms with E-state index in [1.807, 2.05) is 17.7 Å². The fourth-order valence-corrected chi connectivity index (χ4v) is 6.04. The molecule has 0 aliphatic carbocycles. The fraction of sp³-hybridized carbons (Fsp3) is 0.0333. The first-order valence-electron chi connectivity index (χ1n) is 13.4. The van der Waals surface area contributed by atoms with Gasteiger partial charge in [0.25, 0.3) is 0 Å². The number of halogens is 20. The van der Waals surface area contributed by atoms with Crippen molar-refractivity contribution in [2.24, 2.45) is 0 Å². The molecule has 0 aliphatic rings. The minimum atomic E-state index is -7.22. The highest BCUT2D eigenvalue weighted by Crippen LogP contribution is 2.30. The summed E-state index contributed by atoms with van der Waals surface area (Å²) in [6, 6.07) is 0. The molecule has 53 heavy (non-hydrogen) atoms. The normalized spacial score (nSPS) is 11.5. The molecule has 0 saturated heterocycles. The molecule has 1 N–H and O–H groups in total. The third kappa shape index (κ3) is 6.07. The average molecular weight is 805 g/mol. The highest BCUT2D eigenvalue weighted by Gasteiger charge is 2.52. The van der Waals surface area contributed by atoms with Gasteiger partial charge in [0.15, 0.2) is 76.0 Å². The van der Waals surface area contributed by atoms with Gasteiger partial charge in [-0.05, 0) is 0 Å². The van der Waals surface area contributed by atoms with Crippen LogP contribution in [0.15, 0.2) is 24.2 Å². The number of aromatic nitrogens is 1. The molecule has 0 fully saturated rings. The lowest BCUT2D eigenvalue weighted by Crippen LogP contribution is -2.81. The topological polar surface area (TPSA) is 14.1 Å². The number of rotatable bonds is 6. The Balaban J connectivity index is 0.000000692. The largest absolute Gasteiger partial charge is 0.239 e. The van der Waals surface area contributed by atoms with Gasteiger partial charge in [0, 0.05) is 0 Å². The molecular weight excluding hydrogens is 797 g/mol. The quantitative estimate of drug-likeness (QED) is 0.0571. The van der Waals surface area contributed by atoms with Crippen LogP contribution in [0.3, 0.4) is 0 Å². The lowest BCUT2D eigenvalue weighted by atomic mass is 9.12. The van der Waals surface area contributed by atoms with Crippen LogP contribution in [-0.4, -0.2) is 6.15 Å². The molecule has 1 nitrogen and oxygen atoms in total. The molecule has 23 heteroatoms. The minimum Gasteiger partial charge on any atom is -0.207 e. The lowest BCUT2D eigenvalue weighted by Gasteiger charge is -2.44. The van der Waals surface area contributed by atoms with Crippen LogP contribution in [0, 0.1) is 116 Å². The Hall–Kier alpha value is -5.09. The van der Waals surface area contributed by atoms with E-state index in [0.717, 1.165) is 6.42 Å². The Kier molecular flexibility index (Phi) is 11.3. The van der Waals surface area contributed by atoms with Gasteiger partial charge in [-0.1, -0.05) is 17.4 Å². The molecule has 1 aromatic heterocycles. The number of benzene rings is 4. The second kappa shape index (κ2) is 14.7. The van der Waals surface area contributed by atoms with Crippen molar-refractivity contribution in [3.63, 3.8) is 0 Å². The van der Waals surface area contributed by atoms with Gasteiger partial charge in [0.05, 0.1) is 11.8 Å². The van der Waals surface area contributed by atoms with Crippen LogP contribution in [-0.2, 0) is 6.42 Å². The molecule has 5 rings (SSSR count). The third-order valence-corrected chi connectivity index (χ3v) is 8.40. The molecule has 0 spiro atoms. The number of H-pyrrole nitrogens is 1. The molecule has 1 heterocycles. The Morgan fingerprint density at radius 3 is 0.774 bits per heavy atom. The van der Waals surface area contributed by atoms with Gasteiger partial charge < -0.3 is 0 Å². The highest BCUT2D eigenvalue weighted by atomic mass is 32.1. The van der Waals surface area contributed by atoms with E-state index in [2.05, 4.69) is 11.6 Å². The summed E-state index contributed by atoms with van der Waals surface area (Å²) in [6.07, 6.45) is -2.44. The molecule has 5 aromatic rings. The Morgan fingerprint density at radius 1 is 0.396 bits per heavy atom. The summed E-state index contributed by atoms with van der Waals surface area (Å²) in [5, 5.41) is 3.29. The van der Waals surface area contributed by atoms with Crippen molar-refractivity contribution < 1.29 is 92.8 Å². The standard InChI is InChI=1S/C24BF20.C6H7NS/c26-5-1(6(27)14(35)21(42)13(5)34)25(2-7(28)15(36)22(43)16(37)8(2)29,3-9(30)17(38)23(44)18(39)10(3)31)4-11(32)19(40)24(45)20(41)12(4)33;1-2-3-6-7-4-5-8-6/h;2,4-5H,1,3H2/q-1;/p+1. The molecule has 4 aromatic carbocycles. The minimum absolute atomic E-state index is 0.956. The van der Waals surface area contributed by atoms with Crippen LogP contribution in [0.5, 0.6) is 0 Å². The van der Waals surface area contributed by atoms with E-state index in [0.29, 0.717) is 0 Å². The number of hydrogen-bond acceptors (Lipinski definition) is 1. The van der Waals surface area contributed by atoms with Crippen molar-refractivity contribution in [1.82, 2.24) is 0 Å². The van der Waals surface area contributed by atoms with Crippen LogP contribution in [0.2, 0.25) is 0 Å². The van der Waals surface area contributed by atoms with Crippen molar-refractivity contribution in [1.29, 1.82) is 0 Å². The van der Waals surface area contributed by atoms with Crippen LogP contribution < -0.4 is 26.8 Å². The van der Waals surface area contributed by atoms with Crippen LogP contribution in [0.25, 0.3) is 0 Å². The monoisotopic (exact) mass is 805 g/mol. The molecular formula is C30H8BF20NS. The van der Waals surface area contributed by atoms with Crippen molar-refractivity contribution in [2.75, 3.05) is 0 Å². The number of nitrogens with one attached hydrogen (secondary N) is 1. The fourth-order valence-electron chi connectivity index (χ4n) is 5.39. The lowest BCUT2D eigenvalue weighted by molar-refractivity contribution is -0.381. The molecule has 0 unspecified atom stereocenters. The van der Waals surface area contributed by atoms with E-state index in [-0.39, 0.29) is 0 Å². The van der Waals surface area contributed by atoms with E-state index in [1.165, 1.54) is 5.01 Å². The van der Waals surface area contributed by atoms with Gasteiger partial charge in [-0.3, -0.25) is 0 Å². The summed E-state index contributed by atoms with van der Waals surface area (Å²) in [4.78, 5) is 3.09. The van der Waals surface area contributed by atoms with Gasteiger partial charge in [-0.2, -0.15) is 0 Å². The van der Waals surface area contributed by atoms with Crippen molar-refractivity contribution in [2.45, 2.75) is 6.42 Å². The van der Waals surface area contributed by atoms with Gasteiger partial charge in [0.1, 0.15) is 52.7 Å². The molecule has 0 radical (unpaired) electrons. The summed E-state index contributed by atoms with van der Waals surface area (Å²) in [7, 11) is 0. The van der Waals surface area contributed by atoms with Gasteiger partial charge in [0.2, 0.25) is 5.01 Å². The molecule has 0 bridgehead atoms. The number of hydrogen-bond donors (Lipinski definition) is 0. The van der Waals surface area contributed by atoms with E-state index < -0.39 is 144 Å². The average Bonchev–Trinajstić information content (AvgIpc) is 3.65. The van der Waals surface area contributed by atoms with Crippen LogP contribution >= 0.6 is 11.3 Å². The maximum atomic E-state index is 15.4. The van der Waals surface area contributed by atoms with E-state index in [4.69, 9.17) is 0 Å². The van der Waals surface area contributed by atoms with E-state index in [9.17, 15) is 52.7 Å². The Morgan fingerprint density at radius 2 is 0.604 bits per heavy atom. The Labute approximate surface area is 284 Å². The summed E-state index contributed by atoms with van der Waals surface area (Å²) in [6.45, 7) is 3.62. The summed E-state index contributed by atoms with van der Waals surface area (Å²) < 4.78 is 294. The maximum absolute atomic E-state index is 15.4. The molecule has 0 aliphatic heterocycles. The third-order valence-electron chi connectivity index (χ3n) is 7.56. The predicted molar refractivity (Wildman–Crippen MR) is 144 cm³/mol. The molecule has 282 valence electrons. The predicted octanol–water partition coefficient (Wildman–Crippen LogP) is 7.14. The Bertz CT molecular complexity index is 1910. The molecule has 0 atom stereocenters. The van der Waals surface area contributed by atoms with Gasteiger partial charge in [-0.25, -0.2) is 92.8 Å². The first-order valence-corrected chi connectivity index (χ1v) is 14.3. The molecule has 0 amide bonds. The van der Waals surface area contributed by atoms with Crippen LogP contribution in [0.4, 0.5) is 87.8 Å². The number of thiazole rings is 1. The summed E-state index contributed by atoms with van der Waals surface area (Å²) >= 11 is 1.72. The van der Waals surface area contributed by atoms with E-state index >= 15 is 35.1 Å². The zero-order chi connectivity index (χ0) is 40.2. The van der Waals surface area contributed by atoms with Crippen molar-refractivity contribution in [3.8, 4) is 0 Å². The first kappa shape index (κ1) is 40.7. The zero-order valence-electron chi connectivity index (χ0n) is 24.7. The smallest absolute Gasteiger partial charge is 0.207 e. The second-order valence-corrected chi connectivity index (χ2v) is 11.3. The van der Waals surface area contributed by atoms with Crippen molar-refractivity contribution in [3.05, 3.63) is 146 Å². The number of allylic oxidation sites excluding steroid dienone is 1. The van der Waals surface area contributed by atoms with Crippen molar-refractivity contribution >= 4 is 39.3 Å². The van der Waals surface area contributed by atoms with E-state index in [1.54, 1.807) is 11.3 Å². The highest BCUT2D eigenvalue weighted by molar-refractivity contribution is 7.20. The zero-order valence-corrected chi connectivity index (χ0v) is 25.5. The van der Waals surface area contributed by atoms with Gasteiger partial charge in [-0.15, -0.1) is 28.4 Å². The van der Waals surface area contributed by atoms with Crippen LogP contribution in [0.1, 0.15) is 5.01 Å².